The van der Waals surface area contributed by atoms with Crippen molar-refractivity contribution < 1.29 is 9.59 Å². The van der Waals surface area contributed by atoms with Crippen molar-refractivity contribution in [3.8, 4) is 0 Å². The Morgan fingerprint density at radius 3 is 2.26 bits per heavy atom. The molecule has 4 rings (SSSR count). The van der Waals surface area contributed by atoms with Gasteiger partial charge in [-0.3, -0.25) is 9.59 Å². The van der Waals surface area contributed by atoms with E-state index >= 15 is 0 Å². The summed E-state index contributed by atoms with van der Waals surface area (Å²) in [5.74, 6) is 0.138. The molecule has 4 heteroatoms. The van der Waals surface area contributed by atoms with E-state index in [2.05, 4.69) is 30.4 Å². The maximum Gasteiger partial charge on any atom is 0.253 e. The normalized spacial score (nSPS) is 18.0. The van der Waals surface area contributed by atoms with Gasteiger partial charge in [-0.05, 0) is 62.4 Å². The number of carbonyl (C=O) groups is 2. The van der Waals surface area contributed by atoms with Gasteiger partial charge in [0.25, 0.3) is 5.91 Å². The zero-order valence-electron chi connectivity index (χ0n) is 15.8. The highest BCUT2D eigenvalue weighted by atomic mass is 16.2. The molecule has 2 aliphatic rings. The molecule has 2 amide bonds. The maximum atomic E-state index is 13.1. The number of anilines is 1. The molecule has 2 aromatic carbocycles. The summed E-state index contributed by atoms with van der Waals surface area (Å²) in [5.41, 5.74) is 3.29. The summed E-state index contributed by atoms with van der Waals surface area (Å²) in [6.45, 7) is 3.75. The summed E-state index contributed by atoms with van der Waals surface area (Å²) in [6.07, 6.45) is 5.01. The van der Waals surface area contributed by atoms with Crippen LogP contribution in [0.2, 0.25) is 0 Å². The van der Waals surface area contributed by atoms with Gasteiger partial charge in [-0.15, -0.1) is 0 Å². The molecule has 0 bridgehead atoms. The van der Waals surface area contributed by atoms with Crippen molar-refractivity contribution >= 4 is 17.5 Å². The van der Waals surface area contributed by atoms with Crippen molar-refractivity contribution in [2.24, 2.45) is 0 Å². The van der Waals surface area contributed by atoms with E-state index < -0.39 is 5.41 Å². The molecule has 140 valence electrons. The van der Waals surface area contributed by atoms with Crippen LogP contribution >= 0.6 is 0 Å². The molecule has 0 aromatic heterocycles. The number of aryl methyl sites for hydroxylation is 1. The highest BCUT2D eigenvalue weighted by Crippen LogP contribution is 2.44. The molecule has 1 aliphatic carbocycles. The van der Waals surface area contributed by atoms with E-state index in [0.29, 0.717) is 5.56 Å². The number of benzene rings is 2. The van der Waals surface area contributed by atoms with Crippen molar-refractivity contribution in [2.75, 3.05) is 18.4 Å². The van der Waals surface area contributed by atoms with Gasteiger partial charge in [0.1, 0.15) is 0 Å². The summed E-state index contributed by atoms with van der Waals surface area (Å²) >= 11 is 0. The maximum absolute atomic E-state index is 13.1. The van der Waals surface area contributed by atoms with E-state index in [1.165, 1.54) is 5.56 Å². The number of rotatable bonds is 4. The number of likely N-dealkylation sites (tertiary alicyclic amines) is 1. The van der Waals surface area contributed by atoms with Crippen molar-refractivity contribution in [3.05, 3.63) is 65.2 Å². The van der Waals surface area contributed by atoms with Crippen LogP contribution in [0.5, 0.6) is 0 Å². The lowest BCUT2D eigenvalue weighted by atomic mass is 9.63. The molecule has 1 saturated carbocycles. The first-order valence-corrected chi connectivity index (χ1v) is 9.86. The second-order valence-electron chi connectivity index (χ2n) is 7.84. The summed E-state index contributed by atoms with van der Waals surface area (Å²) in [7, 11) is 0. The van der Waals surface area contributed by atoms with Gasteiger partial charge in [-0.1, -0.05) is 36.2 Å². The van der Waals surface area contributed by atoms with Gasteiger partial charge >= 0.3 is 0 Å². The third-order valence-corrected chi connectivity index (χ3v) is 6.00. The SMILES string of the molecule is Cc1cccc(C2(C(=O)Nc3ccc(C(=O)N4CCCC4)cc3)CCC2)c1. The Balaban J connectivity index is 1.48. The summed E-state index contributed by atoms with van der Waals surface area (Å²) < 4.78 is 0. The summed E-state index contributed by atoms with van der Waals surface area (Å²) in [5, 5.41) is 3.07. The van der Waals surface area contributed by atoms with Crippen LogP contribution in [-0.2, 0) is 10.2 Å². The van der Waals surface area contributed by atoms with Gasteiger partial charge in [0.15, 0.2) is 0 Å². The van der Waals surface area contributed by atoms with Gasteiger partial charge < -0.3 is 10.2 Å². The Labute approximate surface area is 160 Å². The average Bonchev–Trinajstić information content (AvgIpc) is 3.15. The van der Waals surface area contributed by atoms with Crippen LogP contribution in [0, 0.1) is 6.92 Å². The minimum absolute atomic E-state index is 0.0537. The van der Waals surface area contributed by atoms with Crippen LogP contribution in [0.3, 0.4) is 0 Å². The Bertz CT molecular complexity index is 847. The first-order chi connectivity index (χ1) is 13.1. The Morgan fingerprint density at radius 1 is 0.963 bits per heavy atom. The highest BCUT2D eigenvalue weighted by molar-refractivity contribution is 6.00. The second-order valence-corrected chi connectivity index (χ2v) is 7.84. The van der Waals surface area contributed by atoms with Crippen LogP contribution in [0.15, 0.2) is 48.5 Å². The number of nitrogens with one attached hydrogen (secondary N) is 1. The molecule has 4 nitrogen and oxygen atoms in total. The zero-order valence-corrected chi connectivity index (χ0v) is 15.8. The highest BCUT2D eigenvalue weighted by Gasteiger charge is 2.45. The standard InChI is InChI=1S/C23H26N2O2/c1-17-6-4-7-19(16-17)23(12-5-13-23)22(27)24-20-10-8-18(9-11-20)21(26)25-14-2-3-15-25/h4,6-11,16H,2-3,5,12-15H2,1H3,(H,24,27). The van der Waals surface area contributed by atoms with Crippen LogP contribution in [0.1, 0.15) is 53.6 Å². The molecular formula is C23H26N2O2. The molecule has 1 N–H and O–H groups in total. The van der Waals surface area contributed by atoms with E-state index in [1.807, 2.05) is 35.2 Å². The van der Waals surface area contributed by atoms with Crippen molar-refractivity contribution in [3.63, 3.8) is 0 Å². The fraction of sp³-hybridized carbons (Fsp3) is 0.391. The number of amides is 2. The van der Waals surface area contributed by atoms with E-state index in [9.17, 15) is 9.59 Å². The topological polar surface area (TPSA) is 49.4 Å². The largest absolute Gasteiger partial charge is 0.339 e. The lowest BCUT2D eigenvalue weighted by Crippen LogP contribution is -2.46. The van der Waals surface area contributed by atoms with Gasteiger partial charge in [0.05, 0.1) is 5.41 Å². The van der Waals surface area contributed by atoms with E-state index in [1.54, 1.807) is 0 Å². The van der Waals surface area contributed by atoms with Crippen molar-refractivity contribution in [1.29, 1.82) is 0 Å². The monoisotopic (exact) mass is 362 g/mol. The van der Waals surface area contributed by atoms with E-state index in [0.717, 1.165) is 56.4 Å². The quantitative estimate of drug-likeness (QED) is 0.882. The van der Waals surface area contributed by atoms with Crippen LogP contribution in [0.25, 0.3) is 0 Å². The molecular weight excluding hydrogens is 336 g/mol. The van der Waals surface area contributed by atoms with E-state index in [-0.39, 0.29) is 11.8 Å². The minimum Gasteiger partial charge on any atom is -0.339 e. The molecule has 1 saturated heterocycles. The molecule has 0 radical (unpaired) electrons. The first-order valence-electron chi connectivity index (χ1n) is 9.86. The third-order valence-electron chi connectivity index (χ3n) is 6.00. The number of hydrogen-bond acceptors (Lipinski definition) is 2. The van der Waals surface area contributed by atoms with Gasteiger partial charge in [0, 0.05) is 24.3 Å². The van der Waals surface area contributed by atoms with Crippen molar-refractivity contribution in [2.45, 2.75) is 44.4 Å². The molecule has 2 fully saturated rings. The van der Waals surface area contributed by atoms with Crippen LogP contribution in [-0.4, -0.2) is 29.8 Å². The molecule has 0 unspecified atom stereocenters. The van der Waals surface area contributed by atoms with Crippen LogP contribution < -0.4 is 5.32 Å². The predicted octanol–water partition coefficient (Wildman–Crippen LogP) is 4.29. The third kappa shape index (κ3) is 3.36. The summed E-state index contributed by atoms with van der Waals surface area (Å²) in [6, 6.07) is 15.6. The zero-order chi connectivity index (χ0) is 18.9. The number of nitrogens with zero attached hydrogens (tertiary/aromatic N) is 1. The van der Waals surface area contributed by atoms with Gasteiger partial charge in [-0.2, -0.15) is 0 Å². The molecule has 2 aromatic rings. The molecule has 27 heavy (non-hydrogen) atoms. The van der Waals surface area contributed by atoms with Gasteiger partial charge in [-0.25, -0.2) is 0 Å². The van der Waals surface area contributed by atoms with E-state index in [4.69, 9.17) is 0 Å². The Morgan fingerprint density at radius 2 is 1.67 bits per heavy atom. The molecule has 1 heterocycles. The average molecular weight is 362 g/mol. The number of hydrogen-bond donors (Lipinski definition) is 1. The number of carbonyl (C=O) groups excluding carboxylic acids is 2. The van der Waals surface area contributed by atoms with Gasteiger partial charge in [0.2, 0.25) is 5.91 Å². The fourth-order valence-corrected chi connectivity index (χ4v) is 4.17. The Kier molecular flexibility index (Phi) is 4.73. The predicted molar refractivity (Wildman–Crippen MR) is 107 cm³/mol. The lowest BCUT2D eigenvalue weighted by molar-refractivity contribution is -0.124. The molecule has 0 atom stereocenters. The second kappa shape index (κ2) is 7.18. The molecule has 0 spiro atoms. The Hall–Kier alpha value is -2.62. The molecule has 1 aliphatic heterocycles. The van der Waals surface area contributed by atoms with Crippen molar-refractivity contribution in [1.82, 2.24) is 4.90 Å². The minimum atomic E-state index is -0.421. The van der Waals surface area contributed by atoms with Crippen LogP contribution in [0.4, 0.5) is 5.69 Å². The smallest absolute Gasteiger partial charge is 0.253 e. The first kappa shape index (κ1) is 17.8. The lowest BCUT2D eigenvalue weighted by Gasteiger charge is -2.41. The fourth-order valence-electron chi connectivity index (χ4n) is 4.17. The summed E-state index contributed by atoms with van der Waals surface area (Å²) in [4.78, 5) is 27.4.